The first kappa shape index (κ1) is 11.8. The third kappa shape index (κ3) is 3.11. The number of nitrogens with one attached hydrogen (secondary N) is 1. The molecule has 4 N–H and O–H groups in total. The minimum absolute atomic E-state index is 0.103. The fraction of sp³-hybridized carbons (Fsp3) is 0.300. The van der Waals surface area contributed by atoms with Crippen molar-refractivity contribution >= 4 is 23.2 Å². The summed E-state index contributed by atoms with van der Waals surface area (Å²) in [6, 6.07) is 4.37. The molecule has 0 aliphatic carbocycles. The highest BCUT2D eigenvalue weighted by molar-refractivity contribution is 6.33. The summed E-state index contributed by atoms with van der Waals surface area (Å²) in [5, 5.41) is 11.7. The predicted octanol–water partition coefficient (Wildman–Crippen LogP) is 1.03. The zero-order chi connectivity index (χ0) is 11.4. The molecule has 0 bridgehead atoms. The Morgan fingerprint density at radius 2 is 2.33 bits per heavy atom. The molecule has 0 aliphatic rings. The van der Waals surface area contributed by atoms with E-state index in [1.54, 1.807) is 19.1 Å². The fourth-order valence-electron chi connectivity index (χ4n) is 1.02. The van der Waals surface area contributed by atoms with E-state index < -0.39 is 0 Å². The van der Waals surface area contributed by atoms with E-state index in [0.717, 1.165) is 0 Å². The highest BCUT2D eigenvalue weighted by Crippen LogP contribution is 2.19. The number of rotatable bonds is 3. The molecule has 0 spiro atoms. The largest absolute Gasteiger partial charge is 0.398 e. The quantitative estimate of drug-likeness (QED) is 0.677. The molecular weight excluding hydrogens is 216 g/mol. The van der Waals surface area contributed by atoms with Gasteiger partial charge in [0.1, 0.15) is 0 Å². The van der Waals surface area contributed by atoms with Crippen molar-refractivity contribution in [3.05, 3.63) is 28.8 Å². The number of benzene rings is 1. The average Bonchev–Trinajstić information content (AvgIpc) is 2.21. The van der Waals surface area contributed by atoms with Crippen molar-refractivity contribution in [2.45, 2.75) is 13.0 Å². The fourth-order valence-corrected chi connectivity index (χ4v) is 1.20. The Hall–Kier alpha value is -1.26. The summed E-state index contributed by atoms with van der Waals surface area (Å²) >= 11 is 5.77. The summed E-state index contributed by atoms with van der Waals surface area (Å²) < 4.78 is 0. The Bertz CT molecular complexity index is 368. The molecule has 0 saturated heterocycles. The number of aliphatic hydroxyl groups excluding tert-OH is 1. The molecular formula is C10H13ClN2O2. The Kier molecular flexibility index (Phi) is 3.94. The second kappa shape index (κ2) is 5.00. The van der Waals surface area contributed by atoms with Crippen LogP contribution < -0.4 is 11.1 Å². The van der Waals surface area contributed by atoms with Gasteiger partial charge in [0.25, 0.3) is 5.91 Å². The van der Waals surface area contributed by atoms with Gasteiger partial charge in [-0.05, 0) is 25.1 Å². The van der Waals surface area contributed by atoms with Gasteiger partial charge in [-0.25, -0.2) is 0 Å². The minimum atomic E-state index is -0.283. The van der Waals surface area contributed by atoms with Crippen LogP contribution in [-0.4, -0.2) is 23.7 Å². The highest BCUT2D eigenvalue weighted by Gasteiger charge is 2.09. The Morgan fingerprint density at radius 1 is 1.67 bits per heavy atom. The van der Waals surface area contributed by atoms with Gasteiger partial charge in [-0.15, -0.1) is 0 Å². The number of nitrogens with two attached hydrogens (primary N) is 1. The highest BCUT2D eigenvalue weighted by atomic mass is 35.5. The lowest BCUT2D eigenvalue weighted by Gasteiger charge is -2.11. The third-order valence-electron chi connectivity index (χ3n) is 1.91. The first-order chi connectivity index (χ1) is 7.04. The van der Waals surface area contributed by atoms with E-state index in [1.807, 2.05) is 0 Å². The van der Waals surface area contributed by atoms with Crippen LogP contribution in [-0.2, 0) is 0 Å². The van der Waals surface area contributed by atoms with Crippen LogP contribution >= 0.6 is 11.6 Å². The smallest absolute Gasteiger partial charge is 0.251 e. The van der Waals surface area contributed by atoms with Gasteiger partial charge in [-0.1, -0.05) is 11.6 Å². The SMILES string of the molecule is CC(CO)NC(=O)c1ccc(N)c(Cl)c1. The van der Waals surface area contributed by atoms with Crippen molar-refractivity contribution in [2.75, 3.05) is 12.3 Å². The normalized spacial score (nSPS) is 12.2. The number of amides is 1. The number of hydrogen-bond donors (Lipinski definition) is 3. The van der Waals surface area contributed by atoms with Crippen LogP contribution in [0.5, 0.6) is 0 Å². The summed E-state index contributed by atoms with van der Waals surface area (Å²) in [6.07, 6.45) is 0. The van der Waals surface area contributed by atoms with E-state index >= 15 is 0 Å². The first-order valence-electron chi connectivity index (χ1n) is 4.51. The maximum atomic E-state index is 11.6. The van der Waals surface area contributed by atoms with Gasteiger partial charge >= 0.3 is 0 Å². The van der Waals surface area contributed by atoms with E-state index in [9.17, 15) is 4.79 Å². The number of aliphatic hydroxyl groups is 1. The lowest BCUT2D eigenvalue weighted by molar-refractivity contribution is 0.0922. The number of carbonyl (C=O) groups is 1. The number of anilines is 1. The van der Waals surface area contributed by atoms with E-state index in [0.29, 0.717) is 16.3 Å². The molecule has 1 rings (SSSR count). The minimum Gasteiger partial charge on any atom is -0.398 e. The Morgan fingerprint density at radius 3 is 2.87 bits per heavy atom. The summed E-state index contributed by atoms with van der Waals surface area (Å²) in [5.74, 6) is -0.279. The Labute approximate surface area is 93.0 Å². The third-order valence-corrected chi connectivity index (χ3v) is 2.24. The van der Waals surface area contributed by atoms with Crippen LogP contribution in [0.1, 0.15) is 17.3 Å². The molecule has 0 heterocycles. The second-order valence-corrected chi connectivity index (χ2v) is 3.70. The van der Waals surface area contributed by atoms with Gasteiger partial charge in [0, 0.05) is 11.6 Å². The summed E-state index contributed by atoms with van der Waals surface area (Å²) in [6.45, 7) is 1.60. The topological polar surface area (TPSA) is 75.3 Å². The van der Waals surface area contributed by atoms with Gasteiger partial charge < -0.3 is 16.2 Å². The monoisotopic (exact) mass is 228 g/mol. The van der Waals surface area contributed by atoms with Crippen molar-refractivity contribution in [1.82, 2.24) is 5.32 Å². The number of halogens is 1. The summed E-state index contributed by atoms with van der Waals surface area (Å²) in [5.41, 5.74) is 6.37. The van der Waals surface area contributed by atoms with E-state index in [2.05, 4.69) is 5.32 Å². The van der Waals surface area contributed by atoms with Gasteiger partial charge in [-0.3, -0.25) is 4.79 Å². The molecule has 0 aliphatic heterocycles. The molecule has 1 atom stereocenters. The predicted molar refractivity (Wildman–Crippen MR) is 59.9 cm³/mol. The molecule has 0 fully saturated rings. The van der Waals surface area contributed by atoms with Gasteiger partial charge in [0.2, 0.25) is 0 Å². The van der Waals surface area contributed by atoms with Crippen LogP contribution in [0, 0.1) is 0 Å². The molecule has 1 aromatic carbocycles. The van der Waals surface area contributed by atoms with E-state index in [-0.39, 0.29) is 18.6 Å². The molecule has 4 nitrogen and oxygen atoms in total. The average molecular weight is 229 g/mol. The second-order valence-electron chi connectivity index (χ2n) is 3.29. The molecule has 1 amide bonds. The zero-order valence-electron chi connectivity index (χ0n) is 8.33. The molecule has 1 aromatic rings. The van der Waals surface area contributed by atoms with Crippen LogP contribution in [0.3, 0.4) is 0 Å². The number of carbonyl (C=O) groups excluding carboxylic acids is 1. The summed E-state index contributed by atoms with van der Waals surface area (Å²) in [7, 11) is 0. The maximum Gasteiger partial charge on any atom is 0.251 e. The van der Waals surface area contributed by atoms with Gasteiger partial charge in [0.15, 0.2) is 0 Å². The van der Waals surface area contributed by atoms with Crippen LogP contribution in [0.25, 0.3) is 0 Å². The summed E-state index contributed by atoms with van der Waals surface area (Å²) in [4.78, 5) is 11.6. The van der Waals surface area contributed by atoms with Crippen molar-refractivity contribution in [2.24, 2.45) is 0 Å². The zero-order valence-corrected chi connectivity index (χ0v) is 9.08. The van der Waals surface area contributed by atoms with Crippen molar-refractivity contribution < 1.29 is 9.90 Å². The molecule has 0 aromatic heterocycles. The number of hydrogen-bond acceptors (Lipinski definition) is 3. The van der Waals surface area contributed by atoms with Crippen molar-refractivity contribution in [3.63, 3.8) is 0 Å². The van der Waals surface area contributed by atoms with E-state index in [1.165, 1.54) is 6.07 Å². The lowest BCUT2D eigenvalue weighted by Crippen LogP contribution is -2.34. The molecule has 5 heteroatoms. The Balaban J connectivity index is 2.78. The van der Waals surface area contributed by atoms with Crippen molar-refractivity contribution in [3.8, 4) is 0 Å². The molecule has 0 radical (unpaired) electrons. The van der Waals surface area contributed by atoms with Crippen LogP contribution in [0.4, 0.5) is 5.69 Å². The van der Waals surface area contributed by atoms with Gasteiger partial charge in [-0.2, -0.15) is 0 Å². The van der Waals surface area contributed by atoms with Crippen LogP contribution in [0.15, 0.2) is 18.2 Å². The lowest BCUT2D eigenvalue weighted by atomic mass is 10.2. The molecule has 1 unspecified atom stereocenters. The van der Waals surface area contributed by atoms with Crippen LogP contribution in [0.2, 0.25) is 5.02 Å². The maximum absolute atomic E-state index is 11.6. The van der Waals surface area contributed by atoms with Crippen molar-refractivity contribution in [1.29, 1.82) is 0 Å². The molecule has 15 heavy (non-hydrogen) atoms. The standard InChI is InChI=1S/C10H13ClN2O2/c1-6(5-14)13-10(15)7-2-3-9(12)8(11)4-7/h2-4,6,14H,5,12H2,1H3,(H,13,15). The molecule has 0 saturated carbocycles. The van der Waals surface area contributed by atoms with E-state index in [4.69, 9.17) is 22.4 Å². The number of nitrogen functional groups attached to an aromatic ring is 1. The first-order valence-corrected chi connectivity index (χ1v) is 4.89. The molecule has 82 valence electrons. The van der Waals surface area contributed by atoms with Gasteiger partial charge in [0.05, 0.1) is 17.3 Å².